The molecule has 3 aromatic rings. The molecule has 0 radical (unpaired) electrons. The molecule has 1 saturated carbocycles. The highest BCUT2D eigenvalue weighted by Crippen LogP contribution is 2.47. The number of halogens is 2. The number of carbonyl (C=O) groups is 3. The number of hydrogen-bond donors (Lipinski definition) is 2. The molecule has 0 bridgehead atoms. The molecular formula is C25H19ClFN5O4. The van der Waals surface area contributed by atoms with Crippen LogP contribution in [0, 0.1) is 17.1 Å². The number of ether oxygens (including phenoxy) is 1. The summed E-state index contributed by atoms with van der Waals surface area (Å²) in [6, 6.07) is 9.10. The Balaban J connectivity index is 1.55. The molecule has 0 spiro atoms. The summed E-state index contributed by atoms with van der Waals surface area (Å²) in [7, 11) is 0. The van der Waals surface area contributed by atoms with Gasteiger partial charge in [0.1, 0.15) is 28.6 Å². The third kappa shape index (κ3) is 5.47. The summed E-state index contributed by atoms with van der Waals surface area (Å²) >= 11 is 5.77. The van der Waals surface area contributed by atoms with Gasteiger partial charge in [0.15, 0.2) is 5.78 Å². The highest BCUT2D eigenvalue weighted by atomic mass is 35.5. The molecule has 1 aliphatic carbocycles. The standard InChI is InChI=1S/C25H19ClFN5O4/c1-2-19(33)15-5-6-17(27)22(23(15)36-24(34)14-4-7-20(26)29-12-14)16-9-18(16)31-25(35)32-21-8-3-13(10-28)11-30-21/h3-8,11-12,16,18H,2,9H2,1H3,(H2,30,31,32,35)/t16-,18?/m1/s1. The SMILES string of the molecule is CCC(=O)c1ccc(F)c([C@@H]2CC2NC(=O)Nc2ccc(C#N)cn2)c1OC(=O)c1ccc(Cl)nc1. The number of amides is 2. The molecule has 1 unspecified atom stereocenters. The average Bonchev–Trinajstić information content (AvgIpc) is 3.62. The second-order valence-corrected chi connectivity index (χ2v) is 8.35. The maximum absolute atomic E-state index is 15.0. The Hall–Kier alpha value is -4.36. The van der Waals surface area contributed by atoms with Gasteiger partial charge >= 0.3 is 12.0 Å². The monoisotopic (exact) mass is 507 g/mol. The van der Waals surface area contributed by atoms with Gasteiger partial charge in [0.05, 0.1) is 16.7 Å². The third-order valence-corrected chi connectivity index (χ3v) is 5.76. The molecule has 9 nitrogen and oxygen atoms in total. The van der Waals surface area contributed by atoms with E-state index in [0.29, 0.717) is 12.0 Å². The van der Waals surface area contributed by atoms with Gasteiger partial charge in [-0.15, -0.1) is 0 Å². The lowest BCUT2D eigenvalue weighted by Gasteiger charge is -2.15. The van der Waals surface area contributed by atoms with Gasteiger partial charge in [0.25, 0.3) is 0 Å². The van der Waals surface area contributed by atoms with Crippen molar-refractivity contribution in [1.29, 1.82) is 5.26 Å². The molecule has 2 N–H and O–H groups in total. The first-order chi connectivity index (χ1) is 17.3. The Morgan fingerprint density at radius 2 is 1.97 bits per heavy atom. The number of ketones is 1. The van der Waals surface area contributed by atoms with E-state index in [-0.39, 0.29) is 45.6 Å². The number of carbonyl (C=O) groups excluding carboxylic acids is 3. The normalized spacial score (nSPS) is 15.9. The van der Waals surface area contributed by atoms with E-state index in [2.05, 4.69) is 20.6 Å². The van der Waals surface area contributed by atoms with Crippen LogP contribution in [0.25, 0.3) is 0 Å². The van der Waals surface area contributed by atoms with Crippen LogP contribution in [0.1, 0.15) is 57.5 Å². The predicted molar refractivity (Wildman–Crippen MR) is 127 cm³/mol. The first-order valence-electron chi connectivity index (χ1n) is 10.9. The van der Waals surface area contributed by atoms with Gasteiger partial charge < -0.3 is 10.1 Å². The Bertz CT molecular complexity index is 1370. The molecule has 182 valence electrons. The van der Waals surface area contributed by atoms with Crippen LogP contribution in [0.15, 0.2) is 48.8 Å². The molecule has 1 aromatic carbocycles. The van der Waals surface area contributed by atoms with E-state index < -0.39 is 29.8 Å². The lowest BCUT2D eigenvalue weighted by atomic mass is 10.00. The van der Waals surface area contributed by atoms with Crippen molar-refractivity contribution in [3.63, 3.8) is 0 Å². The molecule has 2 aromatic heterocycles. The Kier molecular flexibility index (Phi) is 7.22. The number of nitrogens with zero attached hydrogens (tertiary/aromatic N) is 3. The fourth-order valence-electron chi connectivity index (χ4n) is 3.62. The van der Waals surface area contributed by atoms with Crippen molar-refractivity contribution in [2.24, 2.45) is 0 Å². The summed E-state index contributed by atoms with van der Waals surface area (Å²) in [5.74, 6) is -2.29. The van der Waals surface area contributed by atoms with E-state index >= 15 is 4.39 Å². The van der Waals surface area contributed by atoms with E-state index in [0.717, 1.165) is 6.07 Å². The number of aromatic nitrogens is 2. The molecule has 36 heavy (non-hydrogen) atoms. The predicted octanol–water partition coefficient (Wildman–Crippen LogP) is 4.63. The molecule has 1 fully saturated rings. The fraction of sp³-hybridized carbons (Fsp3) is 0.200. The van der Waals surface area contributed by atoms with Crippen LogP contribution in [-0.4, -0.2) is 33.8 Å². The third-order valence-electron chi connectivity index (χ3n) is 5.53. The molecule has 2 atom stereocenters. The number of Topliss-reactive ketones (excluding diaryl/α,β-unsaturated/α-hetero) is 1. The van der Waals surface area contributed by atoms with Crippen molar-refractivity contribution in [3.05, 3.63) is 82.0 Å². The Labute approximate surface area is 210 Å². The molecule has 2 amide bonds. The minimum absolute atomic E-state index is 0.0337. The number of nitrogens with one attached hydrogen (secondary N) is 2. The molecule has 4 rings (SSSR count). The van der Waals surface area contributed by atoms with Crippen molar-refractivity contribution in [2.45, 2.75) is 31.7 Å². The molecule has 1 aliphatic rings. The number of benzene rings is 1. The fourth-order valence-corrected chi connectivity index (χ4v) is 3.73. The number of rotatable bonds is 7. The maximum atomic E-state index is 15.0. The van der Waals surface area contributed by atoms with Crippen molar-refractivity contribution in [2.75, 3.05) is 5.32 Å². The zero-order chi connectivity index (χ0) is 25.8. The Morgan fingerprint density at radius 3 is 2.61 bits per heavy atom. The lowest BCUT2D eigenvalue weighted by Crippen LogP contribution is -2.31. The molecule has 0 saturated heterocycles. The number of pyridine rings is 2. The van der Waals surface area contributed by atoms with Gasteiger partial charge in [-0.3, -0.25) is 10.1 Å². The minimum Gasteiger partial charge on any atom is -0.422 e. The van der Waals surface area contributed by atoms with Crippen LogP contribution in [0.3, 0.4) is 0 Å². The van der Waals surface area contributed by atoms with Crippen LogP contribution >= 0.6 is 11.6 Å². The zero-order valence-electron chi connectivity index (χ0n) is 18.9. The average molecular weight is 508 g/mol. The molecular weight excluding hydrogens is 489 g/mol. The van der Waals surface area contributed by atoms with E-state index in [1.807, 2.05) is 6.07 Å². The van der Waals surface area contributed by atoms with Gasteiger partial charge in [0.2, 0.25) is 0 Å². The van der Waals surface area contributed by atoms with Crippen molar-refractivity contribution < 1.29 is 23.5 Å². The van der Waals surface area contributed by atoms with Crippen molar-refractivity contribution >= 4 is 35.2 Å². The van der Waals surface area contributed by atoms with Gasteiger partial charge in [0, 0.05) is 36.3 Å². The second-order valence-electron chi connectivity index (χ2n) is 7.96. The quantitative estimate of drug-likeness (QED) is 0.206. The van der Waals surface area contributed by atoms with Crippen LogP contribution in [0.2, 0.25) is 5.15 Å². The second kappa shape index (κ2) is 10.5. The van der Waals surface area contributed by atoms with E-state index in [1.165, 1.54) is 42.7 Å². The minimum atomic E-state index is -0.828. The van der Waals surface area contributed by atoms with Crippen LogP contribution in [-0.2, 0) is 0 Å². The number of urea groups is 1. The zero-order valence-corrected chi connectivity index (χ0v) is 19.7. The summed E-state index contributed by atoms with van der Waals surface area (Å²) in [5, 5.41) is 14.3. The largest absolute Gasteiger partial charge is 0.422 e. The van der Waals surface area contributed by atoms with E-state index in [9.17, 15) is 14.4 Å². The van der Waals surface area contributed by atoms with Crippen molar-refractivity contribution in [1.82, 2.24) is 15.3 Å². The number of esters is 1. The maximum Gasteiger partial charge on any atom is 0.345 e. The van der Waals surface area contributed by atoms with Gasteiger partial charge in [-0.25, -0.2) is 23.9 Å². The number of nitriles is 1. The first kappa shape index (κ1) is 24.8. The molecule has 2 heterocycles. The van der Waals surface area contributed by atoms with Gasteiger partial charge in [-0.2, -0.15) is 5.26 Å². The molecule has 11 heteroatoms. The Morgan fingerprint density at radius 1 is 1.17 bits per heavy atom. The summed E-state index contributed by atoms with van der Waals surface area (Å²) in [6.07, 6.45) is 3.01. The van der Waals surface area contributed by atoms with E-state index in [1.54, 1.807) is 6.92 Å². The highest BCUT2D eigenvalue weighted by Gasteiger charge is 2.44. The summed E-state index contributed by atoms with van der Waals surface area (Å²) in [4.78, 5) is 45.5. The number of anilines is 1. The van der Waals surface area contributed by atoms with Gasteiger partial charge in [-0.1, -0.05) is 18.5 Å². The molecule has 0 aliphatic heterocycles. The topological polar surface area (TPSA) is 134 Å². The highest BCUT2D eigenvalue weighted by molar-refractivity contribution is 6.29. The summed E-state index contributed by atoms with van der Waals surface area (Å²) < 4.78 is 20.6. The van der Waals surface area contributed by atoms with Crippen molar-refractivity contribution in [3.8, 4) is 11.8 Å². The lowest BCUT2D eigenvalue weighted by molar-refractivity contribution is 0.0729. The van der Waals surface area contributed by atoms with E-state index in [4.69, 9.17) is 21.6 Å². The first-order valence-corrected chi connectivity index (χ1v) is 11.3. The summed E-state index contributed by atoms with van der Waals surface area (Å²) in [5.41, 5.74) is 0.522. The number of hydrogen-bond acceptors (Lipinski definition) is 7. The smallest absolute Gasteiger partial charge is 0.345 e. The van der Waals surface area contributed by atoms with Gasteiger partial charge in [-0.05, 0) is 42.8 Å². The van der Waals surface area contributed by atoms with Crippen LogP contribution in [0.5, 0.6) is 5.75 Å². The summed E-state index contributed by atoms with van der Waals surface area (Å²) in [6.45, 7) is 1.64. The van der Waals surface area contributed by atoms with Crippen LogP contribution in [0.4, 0.5) is 15.0 Å². The van der Waals surface area contributed by atoms with Crippen LogP contribution < -0.4 is 15.4 Å².